The molecule has 2 aliphatic carbocycles. The average molecular weight is 377 g/mol. The highest BCUT2D eigenvalue weighted by molar-refractivity contribution is 6.31. The molecule has 0 bridgehead atoms. The van der Waals surface area contributed by atoms with E-state index in [1.54, 1.807) is 0 Å². The quantitative estimate of drug-likeness (QED) is 0.762. The molecule has 1 amide bonds. The van der Waals surface area contributed by atoms with Gasteiger partial charge in [0, 0.05) is 24.4 Å². The number of anilines is 2. The van der Waals surface area contributed by atoms with Crippen molar-refractivity contribution in [3.8, 4) is 0 Å². The van der Waals surface area contributed by atoms with E-state index in [4.69, 9.17) is 17.3 Å². The molecule has 2 aromatic rings. The predicted octanol–water partition coefficient (Wildman–Crippen LogP) is 3.51. The van der Waals surface area contributed by atoms with Crippen LogP contribution in [-0.4, -0.2) is 21.9 Å². The Balaban J connectivity index is 1.55. The fourth-order valence-electron chi connectivity index (χ4n) is 4.29. The van der Waals surface area contributed by atoms with Crippen LogP contribution in [0.1, 0.15) is 47.7 Å². The number of amides is 1. The molecule has 1 aromatic carbocycles. The van der Waals surface area contributed by atoms with Gasteiger partial charge in [0.15, 0.2) is 5.82 Å². The number of nitrogen functional groups attached to an aromatic ring is 1. The van der Waals surface area contributed by atoms with Crippen LogP contribution >= 0.6 is 11.6 Å². The number of nitrogens with zero attached hydrogens (tertiary/aromatic N) is 1. The van der Waals surface area contributed by atoms with Gasteiger partial charge in [-0.05, 0) is 42.9 Å². The number of ketones is 1. The number of aromatic nitrogens is 2. The monoisotopic (exact) mass is 376 g/mol. The molecule has 2 saturated carbocycles. The van der Waals surface area contributed by atoms with Crippen molar-refractivity contribution in [2.45, 2.75) is 31.6 Å². The number of hydrogen-bond acceptors (Lipinski definition) is 4. The second kappa shape index (κ2) is 6.39. The Bertz CT molecular complexity index is 881. The highest BCUT2D eigenvalue weighted by Gasteiger charge is 2.43. The first-order valence-electron chi connectivity index (χ1n) is 8.54. The summed E-state index contributed by atoms with van der Waals surface area (Å²) in [6.45, 7) is 0. The average Bonchev–Trinajstić information content (AvgIpc) is 3.23. The van der Waals surface area contributed by atoms with E-state index < -0.39 is 11.7 Å². The zero-order valence-electron chi connectivity index (χ0n) is 13.9. The molecule has 2 unspecified atom stereocenters. The van der Waals surface area contributed by atoms with Crippen LogP contribution in [0.3, 0.4) is 0 Å². The number of carbonyl (C=O) groups is 2. The molecule has 4 N–H and O–H groups in total. The van der Waals surface area contributed by atoms with Crippen LogP contribution in [0.5, 0.6) is 0 Å². The fourth-order valence-corrected chi connectivity index (χ4v) is 4.47. The lowest BCUT2D eigenvalue weighted by Crippen LogP contribution is -2.16. The largest absolute Gasteiger partial charge is 0.382 e. The Kier molecular flexibility index (Phi) is 4.19. The lowest BCUT2D eigenvalue weighted by atomic mass is 9.96. The van der Waals surface area contributed by atoms with Crippen LogP contribution in [0.2, 0.25) is 5.02 Å². The topological polar surface area (TPSA) is 101 Å². The van der Waals surface area contributed by atoms with Crippen molar-refractivity contribution >= 4 is 34.8 Å². The van der Waals surface area contributed by atoms with Crippen LogP contribution < -0.4 is 11.1 Å². The first-order valence-corrected chi connectivity index (χ1v) is 8.92. The van der Waals surface area contributed by atoms with Gasteiger partial charge in [0.1, 0.15) is 17.2 Å². The first-order chi connectivity index (χ1) is 12.4. The maximum absolute atomic E-state index is 13.3. The summed E-state index contributed by atoms with van der Waals surface area (Å²) in [5.41, 5.74) is 7.30. The molecular formula is C18H18ClFN4O2. The number of carbonyl (C=O) groups excluding carboxylic acids is 2. The maximum Gasteiger partial charge on any atom is 0.261 e. The number of Topliss-reactive ketones (excluding diaryl/α,β-unsaturated/α-hetero) is 1. The summed E-state index contributed by atoms with van der Waals surface area (Å²) in [5.74, 6) is 0.364. The fraction of sp³-hybridized carbons (Fsp3) is 0.389. The molecule has 1 aromatic heterocycles. The maximum atomic E-state index is 13.3. The lowest BCUT2D eigenvalue weighted by Gasteiger charge is -2.12. The molecule has 0 spiro atoms. The van der Waals surface area contributed by atoms with Crippen molar-refractivity contribution in [3.05, 3.63) is 40.3 Å². The molecule has 2 aliphatic rings. The van der Waals surface area contributed by atoms with E-state index in [0.29, 0.717) is 47.4 Å². The van der Waals surface area contributed by atoms with Crippen molar-refractivity contribution in [1.82, 2.24) is 10.2 Å². The number of H-pyrrole nitrogens is 1. The van der Waals surface area contributed by atoms with E-state index in [2.05, 4.69) is 15.5 Å². The number of halogens is 2. The molecule has 26 heavy (non-hydrogen) atoms. The van der Waals surface area contributed by atoms with E-state index in [1.165, 1.54) is 18.2 Å². The standard InChI is InChI=1S/C18H18ClFN4O2/c19-13-7-11(1-2-14(13)20)22-18(26)15-16(23-24-17(15)21)10-3-8-5-12(25)6-9(8)4-10/h1-2,7-10H,3-6H2,(H,22,26)(H3,21,23,24). The van der Waals surface area contributed by atoms with Crippen molar-refractivity contribution in [1.29, 1.82) is 0 Å². The summed E-state index contributed by atoms with van der Waals surface area (Å²) in [5, 5.41) is 9.52. The Morgan fingerprint density at radius 3 is 2.65 bits per heavy atom. The summed E-state index contributed by atoms with van der Waals surface area (Å²) < 4.78 is 13.3. The Morgan fingerprint density at radius 1 is 1.31 bits per heavy atom. The van der Waals surface area contributed by atoms with Gasteiger partial charge in [-0.15, -0.1) is 0 Å². The zero-order valence-corrected chi connectivity index (χ0v) is 14.6. The van der Waals surface area contributed by atoms with E-state index in [9.17, 15) is 14.0 Å². The van der Waals surface area contributed by atoms with Crippen LogP contribution in [0.15, 0.2) is 18.2 Å². The van der Waals surface area contributed by atoms with Gasteiger partial charge < -0.3 is 11.1 Å². The summed E-state index contributed by atoms with van der Waals surface area (Å²) in [4.78, 5) is 24.3. The van der Waals surface area contributed by atoms with Crippen molar-refractivity contribution in [2.75, 3.05) is 11.1 Å². The molecule has 0 aliphatic heterocycles. The SMILES string of the molecule is Nc1n[nH]c(C2CC3CC(=O)CC3C2)c1C(=O)Nc1ccc(F)c(Cl)c1. The third-order valence-electron chi connectivity index (χ3n) is 5.46. The second-order valence-corrected chi connectivity index (χ2v) is 7.52. The van der Waals surface area contributed by atoms with Crippen LogP contribution in [-0.2, 0) is 4.79 Å². The Hall–Kier alpha value is -2.41. The van der Waals surface area contributed by atoms with Crippen LogP contribution in [0.25, 0.3) is 0 Å². The minimum Gasteiger partial charge on any atom is -0.382 e. The number of nitrogens with one attached hydrogen (secondary N) is 2. The number of nitrogens with two attached hydrogens (primary N) is 1. The molecule has 136 valence electrons. The van der Waals surface area contributed by atoms with E-state index in [0.717, 1.165) is 12.8 Å². The first kappa shape index (κ1) is 17.0. The zero-order chi connectivity index (χ0) is 18.4. The van der Waals surface area contributed by atoms with Crippen molar-refractivity contribution in [3.63, 3.8) is 0 Å². The number of rotatable bonds is 3. The molecule has 0 radical (unpaired) electrons. The Labute approximate surface area is 154 Å². The minimum atomic E-state index is -0.555. The number of hydrogen-bond donors (Lipinski definition) is 3. The summed E-state index contributed by atoms with van der Waals surface area (Å²) in [7, 11) is 0. The van der Waals surface area contributed by atoms with Gasteiger partial charge in [0.2, 0.25) is 0 Å². The number of benzene rings is 1. The molecule has 0 saturated heterocycles. The minimum absolute atomic E-state index is 0.0727. The van der Waals surface area contributed by atoms with E-state index >= 15 is 0 Å². The molecule has 2 fully saturated rings. The summed E-state index contributed by atoms with van der Waals surface area (Å²) in [6.07, 6.45) is 2.95. The smallest absolute Gasteiger partial charge is 0.261 e. The number of aromatic amines is 1. The third-order valence-corrected chi connectivity index (χ3v) is 5.75. The highest BCUT2D eigenvalue weighted by atomic mass is 35.5. The van der Waals surface area contributed by atoms with Gasteiger partial charge in [0.05, 0.1) is 10.7 Å². The van der Waals surface area contributed by atoms with Crippen LogP contribution in [0, 0.1) is 17.7 Å². The van der Waals surface area contributed by atoms with Crippen molar-refractivity contribution < 1.29 is 14.0 Å². The van der Waals surface area contributed by atoms with Crippen LogP contribution in [0.4, 0.5) is 15.9 Å². The molecule has 2 atom stereocenters. The van der Waals surface area contributed by atoms with Gasteiger partial charge in [0.25, 0.3) is 5.91 Å². The number of fused-ring (bicyclic) bond motifs is 1. The van der Waals surface area contributed by atoms with Gasteiger partial charge in [-0.2, -0.15) is 5.10 Å². The molecule has 4 rings (SSSR count). The molecule has 1 heterocycles. The van der Waals surface area contributed by atoms with E-state index in [-0.39, 0.29) is 16.8 Å². The summed E-state index contributed by atoms with van der Waals surface area (Å²) >= 11 is 5.76. The third kappa shape index (κ3) is 2.96. The van der Waals surface area contributed by atoms with Gasteiger partial charge >= 0.3 is 0 Å². The normalized spacial score (nSPS) is 24.7. The highest BCUT2D eigenvalue weighted by Crippen LogP contribution is 2.49. The molecule has 8 heteroatoms. The summed E-state index contributed by atoms with van der Waals surface area (Å²) in [6, 6.07) is 3.96. The lowest BCUT2D eigenvalue weighted by molar-refractivity contribution is -0.117. The van der Waals surface area contributed by atoms with Gasteiger partial charge in [-0.1, -0.05) is 11.6 Å². The molecule has 6 nitrogen and oxygen atoms in total. The van der Waals surface area contributed by atoms with Gasteiger partial charge in [-0.25, -0.2) is 4.39 Å². The van der Waals surface area contributed by atoms with Gasteiger partial charge in [-0.3, -0.25) is 14.7 Å². The van der Waals surface area contributed by atoms with Crippen molar-refractivity contribution in [2.24, 2.45) is 11.8 Å². The van der Waals surface area contributed by atoms with E-state index in [1.807, 2.05) is 0 Å². The predicted molar refractivity (Wildman–Crippen MR) is 95.6 cm³/mol. The molecular weight excluding hydrogens is 359 g/mol. The second-order valence-electron chi connectivity index (χ2n) is 7.12. The Morgan fingerprint density at radius 2 is 2.00 bits per heavy atom.